The number of para-hydroxylation sites is 1. The number of anilines is 3. The summed E-state index contributed by atoms with van der Waals surface area (Å²) < 4.78 is 0. The summed E-state index contributed by atoms with van der Waals surface area (Å²) in [6.07, 6.45) is 0. The summed E-state index contributed by atoms with van der Waals surface area (Å²) in [4.78, 5) is 16.8. The molecule has 1 heterocycles. The topological polar surface area (TPSA) is 162 Å². The predicted octanol–water partition coefficient (Wildman–Crippen LogP) is 7.78. The molecule has 0 radical (unpaired) electrons. The number of rotatable bonds is 5. The van der Waals surface area contributed by atoms with Gasteiger partial charge in [-0.05, 0) is 60.0 Å². The first-order valence-corrected chi connectivity index (χ1v) is 12.4. The lowest BCUT2D eigenvalue weighted by Gasteiger charge is -2.22. The molecule has 198 valence electrons. The molecule has 0 unspecified atom stereocenters. The van der Waals surface area contributed by atoms with E-state index in [1.807, 2.05) is 36.4 Å². The lowest BCUT2D eigenvalue weighted by molar-refractivity contribution is 0.102. The summed E-state index contributed by atoms with van der Waals surface area (Å²) in [5.74, 6) is -1.05. The fourth-order valence-electron chi connectivity index (χ4n) is 4.61. The lowest BCUT2D eigenvalue weighted by atomic mass is 10.00. The van der Waals surface area contributed by atoms with Gasteiger partial charge in [-0.3, -0.25) is 10.0 Å². The van der Waals surface area contributed by atoms with Crippen LogP contribution in [0.4, 0.5) is 28.4 Å². The van der Waals surface area contributed by atoms with Crippen molar-refractivity contribution in [2.45, 2.75) is 0 Å². The maximum atomic E-state index is 13.4. The highest BCUT2D eigenvalue weighted by Crippen LogP contribution is 2.44. The van der Waals surface area contributed by atoms with Crippen molar-refractivity contribution < 1.29 is 15.1 Å². The van der Waals surface area contributed by atoms with E-state index in [4.69, 9.17) is 22.5 Å². The van der Waals surface area contributed by atoms with Crippen LogP contribution in [-0.4, -0.2) is 21.2 Å². The maximum absolute atomic E-state index is 13.4. The molecule has 0 saturated carbocycles. The van der Waals surface area contributed by atoms with E-state index in [-0.39, 0.29) is 38.6 Å². The van der Waals surface area contributed by atoms with Crippen LogP contribution in [0.15, 0.2) is 95.2 Å². The van der Waals surface area contributed by atoms with Gasteiger partial charge < -0.3 is 31.6 Å². The number of nitrogens with two attached hydrogens (primary N) is 1. The number of aromatic hydroxyl groups is 1. The number of nitrogens with one attached hydrogen (secondary N) is 2. The van der Waals surface area contributed by atoms with Gasteiger partial charge >= 0.3 is 0 Å². The third-order valence-electron chi connectivity index (χ3n) is 6.56. The van der Waals surface area contributed by atoms with Crippen LogP contribution in [-0.2, 0) is 0 Å². The SMILES string of the molecule is Nc1ccc(N=Nc2c(O)c(C(=O)Nc3ccc(N([O-])O)cc3Cl)cc3ccc4c5ccccc5[nH]c4c23)cc1. The van der Waals surface area contributed by atoms with Gasteiger partial charge in [-0.1, -0.05) is 41.9 Å². The standard InChI is InChI=1S/C29H20ClN6O4/c30-22-14-18(36(39)40)10-12-24(22)33-29(38)21-13-15-5-11-20-19-3-1-2-4-23(19)32-26(20)25(15)27(28(21)37)35-34-17-8-6-16(31)7-9-17/h1-14,32,37,39H,31H2,(H,33,38)/q-1. The van der Waals surface area contributed by atoms with Gasteiger partial charge in [-0.15, -0.1) is 5.11 Å². The first-order chi connectivity index (χ1) is 19.3. The summed E-state index contributed by atoms with van der Waals surface area (Å²) in [5, 5.41) is 45.8. The van der Waals surface area contributed by atoms with E-state index in [9.17, 15) is 15.1 Å². The molecule has 0 bridgehead atoms. The number of amides is 1. The first kappa shape index (κ1) is 25.1. The van der Waals surface area contributed by atoms with Crippen molar-refractivity contribution >= 4 is 78.5 Å². The van der Waals surface area contributed by atoms with Crippen LogP contribution >= 0.6 is 11.6 Å². The van der Waals surface area contributed by atoms with Gasteiger partial charge in [0.05, 0.1) is 33.2 Å². The van der Waals surface area contributed by atoms with Crippen LogP contribution in [0.25, 0.3) is 32.6 Å². The van der Waals surface area contributed by atoms with Crippen LogP contribution in [0.5, 0.6) is 5.75 Å². The van der Waals surface area contributed by atoms with E-state index in [1.165, 1.54) is 18.2 Å². The molecule has 0 aliphatic rings. The van der Waals surface area contributed by atoms with Gasteiger partial charge in [0.1, 0.15) is 5.69 Å². The van der Waals surface area contributed by atoms with Crippen molar-refractivity contribution in [3.63, 3.8) is 0 Å². The van der Waals surface area contributed by atoms with Crippen molar-refractivity contribution in [1.29, 1.82) is 0 Å². The number of azo groups is 1. The number of carbonyl (C=O) groups excluding carboxylic acids is 1. The van der Waals surface area contributed by atoms with E-state index in [0.29, 0.717) is 22.1 Å². The average Bonchev–Trinajstić information content (AvgIpc) is 3.33. The van der Waals surface area contributed by atoms with E-state index in [0.717, 1.165) is 21.8 Å². The Morgan fingerprint density at radius 1 is 0.975 bits per heavy atom. The van der Waals surface area contributed by atoms with Gasteiger partial charge in [0.15, 0.2) is 5.75 Å². The summed E-state index contributed by atoms with van der Waals surface area (Å²) >= 11 is 6.20. The number of nitrogen functional groups attached to an aromatic ring is 1. The first-order valence-electron chi connectivity index (χ1n) is 12.0. The number of fused-ring (bicyclic) bond motifs is 5. The van der Waals surface area contributed by atoms with Crippen LogP contribution in [0.2, 0.25) is 5.02 Å². The fraction of sp³-hybridized carbons (Fsp3) is 0. The number of aromatic nitrogens is 1. The van der Waals surface area contributed by atoms with Crippen LogP contribution in [0, 0.1) is 5.21 Å². The largest absolute Gasteiger partial charge is 0.733 e. The highest BCUT2D eigenvalue weighted by molar-refractivity contribution is 6.34. The number of carbonyl (C=O) groups is 1. The van der Waals surface area contributed by atoms with Crippen LogP contribution in [0.1, 0.15) is 10.4 Å². The number of nitrogens with zero attached hydrogens (tertiary/aromatic N) is 3. The Morgan fingerprint density at radius 3 is 2.50 bits per heavy atom. The molecule has 6 rings (SSSR count). The van der Waals surface area contributed by atoms with Gasteiger partial charge in [0.2, 0.25) is 0 Å². The minimum Gasteiger partial charge on any atom is -0.733 e. The minimum atomic E-state index is -0.669. The van der Waals surface area contributed by atoms with E-state index in [1.54, 1.807) is 30.3 Å². The average molecular weight is 552 g/mol. The second-order valence-corrected chi connectivity index (χ2v) is 9.47. The van der Waals surface area contributed by atoms with Gasteiger partial charge in [-0.25, -0.2) is 0 Å². The molecule has 0 fully saturated rings. The Bertz CT molecular complexity index is 1970. The smallest absolute Gasteiger partial charge is 0.259 e. The maximum Gasteiger partial charge on any atom is 0.259 e. The molecule has 0 spiro atoms. The molecular formula is C29H20ClN6O4-. The molecular weight excluding hydrogens is 532 g/mol. The summed E-state index contributed by atoms with van der Waals surface area (Å²) in [5.41, 5.74) is 8.59. The Kier molecular flexibility index (Phi) is 6.20. The molecule has 11 heteroatoms. The highest BCUT2D eigenvalue weighted by Gasteiger charge is 2.22. The van der Waals surface area contributed by atoms with Crippen molar-refractivity contribution in [2.24, 2.45) is 10.2 Å². The number of hydrogen-bond acceptors (Lipinski definition) is 8. The molecule has 10 nitrogen and oxygen atoms in total. The molecule has 0 aliphatic heterocycles. The lowest BCUT2D eigenvalue weighted by Crippen LogP contribution is -2.13. The Morgan fingerprint density at radius 2 is 1.75 bits per heavy atom. The molecule has 6 aromatic rings. The van der Waals surface area contributed by atoms with Crippen LogP contribution < -0.4 is 16.3 Å². The summed E-state index contributed by atoms with van der Waals surface area (Å²) in [6, 6.07) is 23.8. The minimum absolute atomic E-state index is 0.0177. The third-order valence-corrected chi connectivity index (χ3v) is 6.87. The zero-order valence-electron chi connectivity index (χ0n) is 20.6. The number of hydrogen-bond donors (Lipinski definition) is 5. The molecule has 0 atom stereocenters. The summed E-state index contributed by atoms with van der Waals surface area (Å²) in [6.45, 7) is 0. The van der Waals surface area contributed by atoms with E-state index >= 15 is 0 Å². The number of halogens is 1. The Hall–Kier alpha value is -5.16. The number of benzene rings is 5. The molecule has 0 saturated heterocycles. The number of aromatic amines is 1. The molecule has 1 amide bonds. The molecule has 5 aromatic carbocycles. The Balaban J connectivity index is 1.52. The zero-order valence-corrected chi connectivity index (χ0v) is 21.3. The predicted molar refractivity (Wildman–Crippen MR) is 157 cm³/mol. The highest BCUT2D eigenvalue weighted by atomic mass is 35.5. The van der Waals surface area contributed by atoms with Gasteiger partial charge in [0, 0.05) is 27.4 Å². The second kappa shape index (κ2) is 9.86. The number of H-pyrrole nitrogens is 1. The molecule has 6 N–H and O–H groups in total. The third kappa shape index (κ3) is 4.41. The van der Waals surface area contributed by atoms with Gasteiger partial charge in [-0.2, -0.15) is 5.11 Å². The Labute approximate surface area is 231 Å². The normalized spacial score (nSPS) is 11.6. The number of phenols is 1. The molecule has 1 aromatic heterocycles. The van der Waals surface area contributed by atoms with Crippen molar-refractivity contribution in [3.05, 3.63) is 101 Å². The van der Waals surface area contributed by atoms with Crippen LogP contribution in [0.3, 0.4) is 0 Å². The second-order valence-electron chi connectivity index (χ2n) is 9.06. The summed E-state index contributed by atoms with van der Waals surface area (Å²) in [7, 11) is 0. The van der Waals surface area contributed by atoms with E-state index < -0.39 is 5.91 Å². The van der Waals surface area contributed by atoms with Crippen molar-refractivity contribution in [1.82, 2.24) is 4.98 Å². The molecule has 0 aliphatic carbocycles. The van der Waals surface area contributed by atoms with Crippen molar-refractivity contribution in [2.75, 3.05) is 16.3 Å². The van der Waals surface area contributed by atoms with Crippen molar-refractivity contribution in [3.8, 4) is 5.75 Å². The monoisotopic (exact) mass is 551 g/mol. The zero-order chi connectivity index (χ0) is 28.0. The number of phenolic OH excluding ortho intramolecular Hbond substituents is 1. The fourth-order valence-corrected chi connectivity index (χ4v) is 4.84. The van der Waals surface area contributed by atoms with E-state index in [2.05, 4.69) is 20.5 Å². The quantitative estimate of drug-likeness (QED) is 0.0834. The molecule has 40 heavy (non-hydrogen) atoms. The van der Waals surface area contributed by atoms with Gasteiger partial charge in [0.25, 0.3) is 5.91 Å².